The number of carbonyl (C=O) groups excluding carboxylic acids is 1. The minimum absolute atomic E-state index is 0.0497. The fourth-order valence-corrected chi connectivity index (χ4v) is 4.33. The van der Waals surface area contributed by atoms with Gasteiger partial charge < -0.3 is 19.4 Å². The molecule has 12 heteroatoms. The summed E-state index contributed by atoms with van der Waals surface area (Å²) in [5, 5.41) is 17.5. The van der Waals surface area contributed by atoms with Crippen molar-refractivity contribution in [3.63, 3.8) is 0 Å². The number of rotatable bonds is 5. The van der Waals surface area contributed by atoms with E-state index in [2.05, 4.69) is 15.6 Å². The summed E-state index contributed by atoms with van der Waals surface area (Å²) in [6.07, 6.45) is 0. The number of nitro benzene ring substituents is 1. The Morgan fingerprint density at radius 2 is 1.84 bits per heavy atom. The van der Waals surface area contributed by atoms with Crippen LogP contribution in [-0.2, 0) is 4.74 Å². The summed E-state index contributed by atoms with van der Waals surface area (Å²) in [5.41, 5.74) is 3.22. The molecule has 0 unspecified atom stereocenters. The fraction of sp³-hybridized carbons (Fsp3) is 0.160. The highest BCUT2D eigenvalue weighted by Gasteiger charge is 2.22. The molecule has 0 aliphatic carbocycles. The molecular weight excluding hydrogens is 518 g/mol. The SMILES string of the molecule is O=C(NC(=S)Nc1ccc(-c2nc3cc(Cl)ccc3o2)cc1)c1cc([N+](=O)[O-])ccc1N1CCOCC1. The van der Waals surface area contributed by atoms with Crippen molar-refractivity contribution in [2.75, 3.05) is 36.5 Å². The van der Waals surface area contributed by atoms with E-state index in [-0.39, 0.29) is 16.4 Å². The van der Waals surface area contributed by atoms with Crippen molar-refractivity contribution in [3.8, 4) is 11.5 Å². The number of nitro groups is 1. The number of nitrogens with one attached hydrogen (secondary N) is 2. The highest BCUT2D eigenvalue weighted by molar-refractivity contribution is 7.80. The predicted molar refractivity (Wildman–Crippen MR) is 144 cm³/mol. The quantitative estimate of drug-likeness (QED) is 0.205. The number of nitrogens with zero attached hydrogens (tertiary/aromatic N) is 3. The van der Waals surface area contributed by atoms with Gasteiger partial charge in [-0.25, -0.2) is 4.98 Å². The molecule has 1 fully saturated rings. The molecular formula is C25H20ClN5O5S. The van der Waals surface area contributed by atoms with Crippen LogP contribution in [0.4, 0.5) is 17.1 Å². The van der Waals surface area contributed by atoms with Gasteiger partial charge in [0.15, 0.2) is 10.7 Å². The largest absolute Gasteiger partial charge is 0.436 e. The lowest BCUT2D eigenvalue weighted by Gasteiger charge is -2.30. The zero-order valence-electron chi connectivity index (χ0n) is 19.3. The Morgan fingerprint density at radius 1 is 1.08 bits per heavy atom. The van der Waals surface area contributed by atoms with Crippen molar-refractivity contribution in [3.05, 3.63) is 81.4 Å². The maximum Gasteiger partial charge on any atom is 0.270 e. The Labute approximate surface area is 221 Å². The number of aromatic nitrogens is 1. The van der Waals surface area contributed by atoms with Crippen molar-refractivity contribution in [1.29, 1.82) is 0 Å². The first-order valence-corrected chi connectivity index (χ1v) is 12.1. The summed E-state index contributed by atoms with van der Waals surface area (Å²) in [6, 6.07) is 16.6. The number of non-ortho nitro benzene ring substituents is 1. The lowest BCUT2D eigenvalue weighted by molar-refractivity contribution is -0.384. The van der Waals surface area contributed by atoms with Crippen molar-refractivity contribution >= 4 is 63.0 Å². The van der Waals surface area contributed by atoms with Crippen molar-refractivity contribution in [1.82, 2.24) is 10.3 Å². The molecule has 0 bridgehead atoms. The van der Waals surface area contributed by atoms with Crippen LogP contribution in [0.25, 0.3) is 22.6 Å². The summed E-state index contributed by atoms with van der Waals surface area (Å²) in [7, 11) is 0. The number of oxazole rings is 1. The van der Waals surface area contributed by atoms with Gasteiger partial charge in [-0.15, -0.1) is 0 Å². The molecule has 1 aliphatic heterocycles. The molecule has 0 saturated carbocycles. The number of carbonyl (C=O) groups is 1. The number of benzene rings is 3. The smallest absolute Gasteiger partial charge is 0.270 e. The molecule has 2 heterocycles. The van der Waals surface area contributed by atoms with Crippen LogP contribution >= 0.6 is 23.8 Å². The van der Waals surface area contributed by atoms with Crippen LogP contribution in [0.2, 0.25) is 5.02 Å². The standard InChI is InChI=1S/C25H20ClN5O5S/c26-16-3-8-22-20(13-16)28-24(36-22)15-1-4-17(5-2-15)27-25(37)29-23(32)19-14-18(31(33)34)6-7-21(19)30-9-11-35-12-10-30/h1-8,13-14H,9-12H2,(H2,27,29,32,37). The van der Waals surface area contributed by atoms with E-state index in [0.717, 1.165) is 5.56 Å². The normalized spacial score (nSPS) is 13.4. The molecule has 5 rings (SSSR count). The molecule has 0 spiro atoms. The van der Waals surface area contributed by atoms with Crippen LogP contribution in [0, 0.1) is 10.1 Å². The summed E-state index contributed by atoms with van der Waals surface area (Å²) in [5.74, 6) is -0.106. The molecule has 3 aromatic carbocycles. The van der Waals surface area contributed by atoms with Gasteiger partial charge in [-0.1, -0.05) is 11.6 Å². The van der Waals surface area contributed by atoms with E-state index < -0.39 is 10.8 Å². The van der Waals surface area contributed by atoms with Gasteiger partial charge in [0, 0.05) is 41.5 Å². The van der Waals surface area contributed by atoms with E-state index in [1.807, 2.05) is 4.90 Å². The highest BCUT2D eigenvalue weighted by atomic mass is 35.5. The van der Waals surface area contributed by atoms with E-state index in [4.69, 9.17) is 33.0 Å². The van der Waals surface area contributed by atoms with Crippen LogP contribution in [-0.4, -0.2) is 47.2 Å². The molecule has 0 atom stereocenters. The second kappa shape index (κ2) is 10.5. The Hall–Kier alpha value is -4.06. The van der Waals surface area contributed by atoms with Gasteiger partial charge >= 0.3 is 0 Å². The highest BCUT2D eigenvalue weighted by Crippen LogP contribution is 2.28. The minimum Gasteiger partial charge on any atom is -0.436 e. The first-order chi connectivity index (χ1) is 17.9. The average Bonchev–Trinajstić information content (AvgIpc) is 3.32. The van der Waals surface area contributed by atoms with Crippen molar-refractivity contribution < 1.29 is 18.9 Å². The van der Waals surface area contributed by atoms with Crippen molar-refractivity contribution in [2.45, 2.75) is 0 Å². The first kappa shape index (κ1) is 24.6. The van der Waals surface area contributed by atoms with Crippen LogP contribution in [0.1, 0.15) is 10.4 Å². The Kier molecular flexibility index (Phi) is 6.99. The van der Waals surface area contributed by atoms with Gasteiger partial charge in [-0.2, -0.15) is 0 Å². The molecule has 4 aromatic rings. The van der Waals surface area contributed by atoms with E-state index in [0.29, 0.717) is 59.7 Å². The third-order valence-electron chi connectivity index (χ3n) is 5.75. The van der Waals surface area contributed by atoms with Gasteiger partial charge in [0.2, 0.25) is 5.89 Å². The second-order valence-electron chi connectivity index (χ2n) is 8.17. The summed E-state index contributed by atoms with van der Waals surface area (Å²) in [6.45, 7) is 2.15. The van der Waals surface area contributed by atoms with E-state index >= 15 is 0 Å². The topological polar surface area (TPSA) is 123 Å². The molecule has 1 amide bonds. The van der Waals surface area contributed by atoms with Gasteiger partial charge in [-0.05, 0) is 60.7 Å². The zero-order chi connectivity index (χ0) is 25.9. The summed E-state index contributed by atoms with van der Waals surface area (Å²) >= 11 is 11.3. The van der Waals surface area contributed by atoms with Gasteiger partial charge in [0.1, 0.15) is 5.52 Å². The number of hydrogen-bond donors (Lipinski definition) is 2. The molecule has 0 radical (unpaired) electrons. The monoisotopic (exact) mass is 537 g/mol. The molecule has 2 N–H and O–H groups in total. The van der Waals surface area contributed by atoms with Crippen LogP contribution in [0.3, 0.4) is 0 Å². The van der Waals surface area contributed by atoms with Crippen molar-refractivity contribution in [2.24, 2.45) is 0 Å². The number of amides is 1. The number of halogens is 1. The summed E-state index contributed by atoms with van der Waals surface area (Å²) in [4.78, 5) is 30.3. The summed E-state index contributed by atoms with van der Waals surface area (Å²) < 4.78 is 11.2. The number of anilines is 2. The maximum atomic E-state index is 13.1. The van der Waals surface area contributed by atoms with Crippen LogP contribution in [0.15, 0.2) is 65.1 Å². The van der Waals surface area contributed by atoms with Crippen LogP contribution < -0.4 is 15.5 Å². The Balaban J connectivity index is 1.29. The molecule has 37 heavy (non-hydrogen) atoms. The molecule has 188 valence electrons. The number of thiocarbonyl (C=S) groups is 1. The lowest BCUT2D eigenvalue weighted by atomic mass is 10.1. The maximum absolute atomic E-state index is 13.1. The average molecular weight is 538 g/mol. The molecule has 1 aliphatic rings. The predicted octanol–water partition coefficient (Wildman–Crippen LogP) is 5.02. The van der Waals surface area contributed by atoms with E-state index in [1.165, 1.54) is 12.1 Å². The molecule has 1 aromatic heterocycles. The minimum atomic E-state index is -0.551. The zero-order valence-corrected chi connectivity index (χ0v) is 20.8. The molecule has 10 nitrogen and oxygen atoms in total. The second-order valence-corrected chi connectivity index (χ2v) is 9.02. The van der Waals surface area contributed by atoms with Gasteiger partial charge in [-0.3, -0.25) is 20.2 Å². The lowest BCUT2D eigenvalue weighted by Crippen LogP contribution is -2.39. The van der Waals surface area contributed by atoms with E-state index in [9.17, 15) is 14.9 Å². The van der Waals surface area contributed by atoms with Gasteiger partial charge in [0.05, 0.1) is 29.4 Å². The third-order valence-corrected chi connectivity index (χ3v) is 6.19. The van der Waals surface area contributed by atoms with Gasteiger partial charge in [0.25, 0.3) is 11.6 Å². The number of ether oxygens (including phenoxy) is 1. The Morgan fingerprint density at radius 3 is 2.57 bits per heavy atom. The number of morpholine rings is 1. The number of fused-ring (bicyclic) bond motifs is 1. The Bertz CT molecular complexity index is 1500. The van der Waals surface area contributed by atoms with E-state index in [1.54, 1.807) is 48.5 Å². The molecule has 1 saturated heterocycles. The fourth-order valence-electron chi connectivity index (χ4n) is 3.95. The third kappa shape index (κ3) is 5.53. The number of hydrogen-bond acceptors (Lipinski definition) is 8. The first-order valence-electron chi connectivity index (χ1n) is 11.3. The van der Waals surface area contributed by atoms with Crippen LogP contribution in [0.5, 0.6) is 0 Å².